The number of hydrogen-bond donors (Lipinski definition) is 4. The molecule has 0 aliphatic heterocycles. The Morgan fingerprint density at radius 2 is 1.85 bits per heavy atom. The van der Waals surface area contributed by atoms with Crippen LogP contribution in [0.25, 0.3) is 11.1 Å². The third-order valence-electron chi connectivity index (χ3n) is 3.62. The Kier molecular flexibility index (Phi) is 5.83. The molecule has 1 heterocycles. The van der Waals surface area contributed by atoms with Gasteiger partial charge >= 0.3 is 5.97 Å². The van der Waals surface area contributed by atoms with Crippen molar-refractivity contribution in [1.82, 2.24) is 4.98 Å². The fourth-order valence-corrected chi connectivity index (χ4v) is 2.88. The molecule has 2 aromatic rings. The lowest BCUT2D eigenvalue weighted by molar-refractivity contribution is 0.0691. The topological polar surface area (TPSA) is 145 Å². The molecule has 1 aromatic heterocycles. The summed E-state index contributed by atoms with van der Waals surface area (Å²) in [6.45, 7) is 0.00215. The number of aromatic amines is 1. The Morgan fingerprint density at radius 1 is 1.19 bits per heavy atom. The first-order valence-electron chi connectivity index (χ1n) is 7.34. The summed E-state index contributed by atoms with van der Waals surface area (Å²) in [6.07, 6.45) is 0. The van der Waals surface area contributed by atoms with E-state index in [2.05, 4.69) is 9.98 Å². The summed E-state index contributed by atoms with van der Waals surface area (Å²) in [5.74, 6) is -0.237. The Labute approximate surface area is 154 Å². The van der Waals surface area contributed by atoms with Gasteiger partial charge in [0.1, 0.15) is 5.69 Å². The third-order valence-corrected chi connectivity index (χ3v) is 4.00. The van der Waals surface area contributed by atoms with Crippen LogP contribution in [0.2, 0.25) is 5.02 Å². The Bertz CT molecular complexity index is 859. The van der Waals surface area contributed by atoms with Crippen molar-refractivity contribution in [2.24, 2.45) is 16.5 Å². The van der Waals surface area contributed by atoms with Gasteiger partial charge in [0.15, 0.2) is 17.5 Å². The molecule has 26 heavy (non-hydrogen) atoms. The largest absolute Gasteiger partial charge is 0.493 e. The number of aromatic carboxylic acids is 1. The van der Waals surface area contributed by atoms with Gasteiger partial charge in [-0.05, 0) is 12.1 Å². The third kappa shape index (κ3) is 3.47. The van der Waals surface area contributed by atoms with Crippen LogP contribution in [-0.2, 0) is 6.54 Å². The number of H-pyrrole nitrogens is 1. The van der Waals surface area contributed by atoms with Crippen LogP contribution in [0.15, 0.2) is 17.1 Å². The summed E-state index contributed by atoms with van der Waals surface area (Å²) in [7, 11) is 4.41. The van der Waals surface area contributed by atoms with Crippen LogP contribution in [0.1, 0.15) is 16.2 Å². The summed E-state index contributed by atoms with van der Waals surface area (Å²) in [5.41, 5.74) is 11.9. The van der Waals surface area contributed by atoms with Crippen molar-refractivity contribution in [3.05, 3.63) is 28.5 Å². The number of rotatable bonds is 7. The highest BCUT2D eigenvalue weighted by Crippen LogP contribution is 2.47. The van der Waals surface area contributed by atoms with Crippen LogP contribution in [0.4, 0.5) is 0 Å². The highest BCUT2D eigenvalue weighted by Gasteiger charge is 2.26. The maximum absolute atomic E-state index is 11.5. The molecule has 0 bridgehead atoms. The molecule has 6 N–H and O–H groups in total. The molecule has 0 aliphatic carbocycles. The molecule has 0 unspecified atom stereocenters. The number of methoxy groups -OCH3 is 3. The quantitative estimate of drug-likeness (QED) is 0.422. The van der Waals surface area contributed by atoms with Crippen molar-refractivity contribution >= 4 is 23.5 Å². The molecule has 0 fully saturated rings. The minimum absolute atomic E-state index is 0.00215. The number of carboxylic acid groups (broad SMARTS) is 1. The van der Waals surface area contributed by atoms with Crippen LogP contribution in [-0.4, -0.2) is 43.3 Å². The second-order valence-electron chi connectivity index (χ2n) is 5.10. The molecule has 9 nitrogen and oxygen atoms in total. The molecule has 0 saturated carbocycles. The number of benzene rings is 1. The first-order chi connectivity index (χ1) is 12.3. The van der Waals surface area contributed by atoms with E-state index in [1.54, 1.807) is 12.1 Å². The lowest BCUT2D eigenvalue weighted by Crippen LogP contribution is -2.22. The number of nitrogens with one attached hydrogen (secondary N) is 1. The maximum atomic E-state index is 11.5. The van der Waals surface area contributed by atoms with Crippen molar-refractivity contribution in [2.45, 2.75) is 6.54 Å². The zero-order valence-corrected chi connectivity index (χ0v) is 15.2. The maximum Gasteiger partial charge on any atom is 0.353 e. The van der Waals surface area contributed by atoms with E-state index in [1.165, 1.54) is 21.3 Å². The van der Waals surface area contributed by atoms with Gasteiger partial charge in [-0.15, -0.1) is 0 Å². The normalized spacial score (nSPS) is 10.3. The van der Waals surface area contributed by atoms with Gasteiger partial charge in [-0.1, -0.05) is 11.6 Å². The smallest absolute Gasteiger partial charge is 0.353 e. The lowest BCUT2D eigenvalue weighted by atomic mass is 10.0. The Morgan fingerprint density at radius 3 is 2.35 bits per heavy atom. The van der Waals surface area contributed by atoms with Crippen LogP contribution in [0.5, 0.6) is 17.2 Å². The molecule has 0 radical (unpaired) electrons. The number of aromatic nitrogens is 1. The summed E-state index contributed by atoms with van der Waals surface area (Å²) in [6, 6.07) is 3.34. The number of nitrogens with zero attached hydrogens (tertiary/aromatic N) is 1. The van der Waals surface area contributed by atoms with Crippen LogP contribution < -0.4 is 25.7 Å². The lowest BCUT2D eigenvalue weighted by Gasteiger charge is -2.16. The van der Waals surface area contributed by atoms with Crippen molar-refractivity contribution in [2.75, 3.05) is 21.3 Å². The standard InChI is InChI=1S/C16H19ClN4O5/c1-24-9-5-4-7(13(25-2)14(9)26-3)10-8(6-20-16(18)19)21-12(11(10)17)15(22)23/h4-5,21H,6H2,1-3H3,(H,22,23)(H4,18,19,20). The molecular formula is C16H19ClN4O5. The number of carboxylic acids is 1. The predicted molar refractivity (Wildman–Crippen MR) is 97.4 cm³/mol. The first kappa shape index (κ1) is 19.3. The Hall–Kier alpha value is -3.07. The van der Waals surface area contributed by atoms with Crippen molar-refractivity contribution in [3.8, 4) is 28.4 Å². The number of carbonyl (C=O) groups is 1. The van der Waals surface area contributed by atoms with E-state index in [4.69, 9.17) is 37.3 Å². The number of guanidine groups is 1. The van der Waals surface area contributed by atoms with Crippen LogP contribution in [0, 0.1) is 0 Å². The van der Waals surface area contributed by atoms with Crippen LogP contribution >= 0.6 is 11.6 Å². The minimum atomic E-state index is -1.22. The summed E-state index contributed by atoms with van der Waals surface area (Å²) in [5, 5.41) is 9.36. The van der Waals surface area contributed by atoms with Gasteiger partial charge in [-0.3, -0.25) is 0 Å². The molecule has 140 valence electrons. The molecule has 2 rings (SSSR count). The SMILES string of the molecule is COc1ccc(-c2c(CN=C(N)N)[nH]c(C(=O)O)c2Cl)c(OC)c1OC. The fourth-order valence-electron chi connectivity index (χ4n) is 2.54. The second-order valence-corrected chi connectivity index (χ2v) is 5.47. The molecule has 0 amide bonds. The van der Waals surface area contributed by atoms with Crippen LogP contribution in [0.3, 0.4) is 0 Å². The molecule has 0 aliphatic rings. The zero-order valence-electron chi connectivity index (χ0n) is 14.4. The highest BCUT2D eigenvalue weighted by atomic mass is 35.5. The molecular weight excluding hydrogens is 364 g/mol. The van der Waals surface area contributed by atoms with Gasteiger partial charge in [0.05, 0.1) is 32.9 Å². The van der Waals surface area contributed by atoms with E-state index >= 15 is 0 Å². The molecule has 0 atom stereocenters. The minimum Gasteiger partial charge on any atom is -0.493 e. The summed E-state index contributed by atoms with van der Waals surface area (Å²) >= 11 is 6.32. The van der Waals surface area contributed by atoms with E-state index in [9.17, 15) is 9.90 Å². The Balaban J connectivity index is 2.78. The van der Waals surface area contributed by atoms with Crippen molar-refractivity contribution in [3.63, 3.8) is 0 Å². The number of aliphatic imine (C=N–C) groups is 1. The summed E-state index contributed by atoms with van der Waals surface area (Å²) in [4.78, 5) is 18.1. The zero-order chi connectivity index (χ0) is 19.4. The van der Waals surface area contributed by atoms with Gasteiger partial charge in [0.25, 0.3) is 0 Å². The fraction of sp³-hybridized carbons (Fsp3) is 0.250. The van der Waals surface area contributed by atoms with E-state index in [0.717, 1.165) is 0 Å². The molecule has 0 saturated heterocycles. The van der Waals surface area contributed by atoms with Gasteiger partial charge in [-0.25, -0.2) is 9.79 Å². The molecule has 0 spiro atoms. The number of nitrogens with two attached hydrogens (primary N) is 2. The predicted octanol–water partition coefficient (Wildman–Crippen LogP) is 1.83. The van der Waals surface area contributed by atoms with Crippen molar-refractivity contribution in [1.29, 1.82) is 0 Å². The number of ether oxygens (including phenoxy) is 3. The monoisotopic (exact) mass is 382 g/mol. The van der Waals surface area contributed by atoms with E-state index < -0.39 is 5.97 Å². The molecule has 1 aromatic carbocycles. The van der Waals surface area contributed by atoms with Gasteiger partial charge in [0, 0.05) is 16.8 Å². The number of hydrogen-bond acceptors (Lipinski definition) is 5. The van der Waals surface area contributed by atoms with Crippen molar-refractivity contribution < 1.29 is 24.1 Å². The average Bonchev–Trinajstić information content (AvgIpc) is 2.94. The van der Waals surface area contributed by atoms with Gasteiger partial charge in [0.2, 0.25) is 5.75 Å². The van der Waals surface area contributed by atoms with Gasteiger partial charge in [-0.2, -0.15) is 0 Å². The van der Waals surface area contributed by atoms with E-state index in [0.29, 0.717) is 34.1 Å². The second kappa shape index (κ2) is 7.87. The van der Waals surface area contributed by atoms with E-state index in [-0.39, 0.29) is 23.2 Å². The highest BCUT2D eigenvalue weighted by molar-refractivity contribution is 6.36. The average molecular weight is 383 g/mol. The summed E-state index contributed by atoms with van der Waals surface area (Å²) < 4.78 is 16.1. The van der Waals surface area contributed by atoms with E-state index in [1.807, 2.05) is 0 Å². The molecule has 10 heteroatoms. The number of halogens is 1. The first-order valence-corrected chi connectivity index (χ1v) is 7.71. The van der Waals surface area contributed by atoms with Gasteiger partial charge < -0.3 is 35.8 Å².